The maximum Gasteiger partial charge on any atom is 0.228 e. The molecule has 27 heavy (non-hydrogen) atoms. The Morgan fingerprint density at radius 2 is 2.04 bits per heavy atom. The number of hydrogen-bond donors (Lipinski definition) is 3. The van der Waals surface area contributed by atoms with E-state index in [0.717, 1.165) is 40.5 Å². The molecule has 3 aromatic rings. The van der Waals surface area contributed by atoms with Crippen molar-refractivity contribution in [3.8, 4) is 0 Å². The van der Waals surface area contributed by atoms with Crippen molar-refractivity contribution in [1.82, 2.24) is 15.0 Å². The highest BCUT2D eigenvalue weighted by Crippen LogP contribution is 2.32. The molecule has 1 atom stereocenters. The Labute approximate surface area is 160 Å². The molecule has 7 nitrogen and oxygen atoms in total. The van der Waals surface area contributed by atoms with Crippen LogP contribution in [0, 0.1) is 12.8 Å². The highest BCUT2D eigenvalue weighted by atomic mass is 32.2. The second-order valence-corrected chi connectivity index (χ2v) is 8.38. The minimum Gasteiger partial charge on any atom is -0.353 e. The summed E-state index contributed by atoms with van der Waals surface area (Å²) in [7, 11) is 1.61. The molecule has 0 radical (unpaired) electrons. The molecule has 1 fully saturated rings. The van der Waals surface area contributed by atoms with Crippen LogP contribution in [0.3, 0.4) is 0 Å². The van der Waals surface area contributed by atoms with Gasteiger partial charge in [0.2, 0.25) is 5.91 Å². The number of rotatable bonds is 5. The second-order valence-electron chi connectivity index (χ2n) is 6.62. The van der Waals surface area contributed by atoms with Gasteiger partial charge < -0.3 is 15.6 Å². The van der Waals surface area contributed by atoms with Gasteiger partial charge in [0.15, 0.2) is 5.65 Å². The molecule has 3 N–H and O–H groups in total. The van der Waals surface area contributed by atoms with E-state index in [1.54, 1.807) is 0 Å². The number of carbonyl (C=O) groups is 1. The fourth-order valence-electron chi connectivity index (χ4n) is 2.91. The number of anilines is 3. The molecule has 0 spiro atoms. The maximum absolute atomic E-state index is 12.2. The molecule has 1 aromatic carbocycles. The minimum atomic E-state index is -0.215. The quantitative estimate of drug-likeness (QED) is 0.626. The number of amides is 1. The van der Waals surface area contributed by atoms with E-state index in [9.17, 15) is 4.79 Å². The lowest BCUT2D eigenvalue weighted by Gasteiger charge is -2.14. The molecule has 0 saturated heterocycles. The monoisotopic (exact) mass is 382 g/mol. The van der Waals surface area contributed by atoms with Gasteiger partial charge in [-0.1, -0.05) is 22.8 Å². The van der Waals surface area contributed by atoms with E-state index >= 15 is 0 Å². The number of H-pyrrole nitrogens is 1. The van der Waals surface area contributed by atoms with Crippen LogP contribution in [0.25, 0.3) is 11.2 Å². The first-order valence-corrected chi connectivity index (χ1v) is 10.4. The minimum absolute atomic E-state index is 0.0281. The van der Waals surface area contributed by atoms with Crippen LogP contribution < -0.4 is 10.6 Å². The Bertz CT molecular complexity index is 1050. The Hall–Kier alpha value is -2.74. The van der Waals surface area contributed by atoms with E-state index in [1.807, 2.05) is 38.2 Å². The molecule has 1 unspecified atom stereocenters. The summed E-state index contributed by atoms with van der Waals surface area (Å²) in [6, 6.07) is 9.96. The van der Waals surface area contributed by atoms with Gasteiger partial charge in [0.05, 0.1) is 11.4 Å². The lowest BCUT2D eigenvalue weighted by Crippen LogP contribution is -2.14. The van der Waals surface area contributed by atoms with Gasteiger partial charge in [-0.05, 0) is 38.2 Å². The zero-order valence-corrected chi connectivity index (χ0v) is 16.4. The summed E-state index contributed by atoms with van der Waals surface area (Å²) in [5, 5.41) is 6.41. The van der Waals surface area contributed by atoms with E-state index in [1.165, 1.54) is 0 Å². The smallest absolute Gasteiger partial charge is 0.228 e. The van der Waals surface area contributed by atoms with Gasteiger partial charge in [-0.15, -0.1) is 0 Å². The van der Waals surface area contributed by atoms with E-state index in [4.69, 9.17) is 0 Å². The van der Waals surface area contributed by atoms with Crippen LogP contribution >= 0.6 is 0 Å². The van der Waals surface area contributed by atoms with E-state index in [0.29, 0.717) is 11.5 Å². The number of nitrogens with one attached hydrogen (secondary N) is 3. The fraction of sp³-hybridized carbons (Fsp3) is 0.316. The van der Waals surface area contributed by atoms with Crippen LogP contribution in [0.5, 0.6) is 0 Å². The second kappa shape index (κ2) is 7.11. The number of imidazole rings is 1. The molecule has 1 aliphatic carbocycles. The number of hydrogen-bond acceptors (Lipinski definition) is 5. The predicted octanol–water partition coefficient (Wildman–Crippen LogP) is 3.78. The van der Waals surface area contributed by atoms with Gasteiger partial charge in [-0.25, -0.2) is 9.97 Å². The van der Waals surface area contributed by atoms with Crippen molar-refractivity contribution in [1.29, 1.82) is 0 Å². The Morgan fingerprint density at radius 3 is 2.78 bits per heavy atom. The van der Waals surface area contributed by atoms with Crippen LogP contribution in [-0.4, -0.2) is 34.2 Å². The van der Waals surface area contributed by atoms with Crippen molar-refractivity contribution < 1.29 is 4.79 Å². The lowest BCUT2D eigenvalue weighted by molar-refractivity contribution is -0.117. The van der Waals surface area contributed by atoms with Crippen molar-refractivity contribution in [3.63, 3.8) is 0 Å². The van der Waals surface area contributed by atoms with Crippen molar-refractivity contribution in [2.24, 2.45) is 10.3 Å². The summed E-state index contributed by atoms with van der Waals surface area (Å²) in [5.41, 5.74) is 3.20. The van der Waals surface area contributed by atoms with Crippen LogP contribution in [0.15, 0.2) is 39.6 Å². The number of benzene rings is 1. The van der Waals surface area contributed by atoms with Crippen molar-refractivity contribution in [3.05, 3.63) is 36.2 Å². The maximum atomic E-state index is 12.2. The lowest BCUT2D eigenvalue weighted by atomic mass is 10.2. The summed E-state index contributed by atoms with van der Waals surface area (Å²) in [6.45, 7) is 1.89. The molecular weight excluding hydrogens is 360 g/mol. The Balaban J connectivity index is 1.75. The number of nitrogens with zero attached hydrogens (tertiary/aromatic N) is 3. The number of pyridine rings is 1. The Kier molecular flexibility index (Phi) is 4.65. The standard InChI is InChI=1S/C19H22N6OS/c1-11-21-17-14(23-13-6-4-5-7-15(13)27(3)20-2)10-16(24-18(17)22-11)25-19(26)12-8-9-12/h4-7,10,12H,8-9H2,1-3H3,(H3,21,22,23,24,25,26). The average molecular weight is 382 g/mol. The van der Waals surface area contributed by atoms with Crippen molar-refractivity contribution >= 4 is 45.0 Å². The molecule has 140 valence electrons. The Morgan fingerprint density at radius 1 is 1.26 bits per heavy atom. The van der Waals surface area contributed by atoms with Gasteiger partial charge in [0, 0.05) is 23.9 Å². The molecule has 4 rings (SSSR count). The third-order valence-corrected chi connectivity index (χ3v) is 6.07. The van der Waals surface area contributed by atoms with E-state index in [2.05, 4.69) is 42.3 Å². The van der Waals surface area contributed by atoms with Crippen LogP contribution in [0.1, 0.15) is 18.7 Å². The number of para-hydroxylation sites is 1. The first-order valence-electron chi connectivity index (χ1n) is 8.85. The first-order chi connectivity index (χ1) is 13.0. The molecule has 1 saturated carbocycles. The number of aromatic amines is 1. The van der Waals surface area contributed by atoms with Crippen LogP contribution in [-0.2, 0) is 15.5 Å². The van der Waals surface area contributed by atoms with Gasteiger partial charge >= 0.3 is 0 Å². The van der Waals surface area contributed by atoms with Gasteiger partial charge in [-0.3, -0.25) is 9.16 Å². The summed E-state index contributed by atoms with van der Waals surface area (Å²) in [6.07, 6.45) is 3.99. The summed E-state index contributed by atoms with van der Waals surface area (Å²) >= 11 is 0. The molecule has 2 heterocycles. The topological polar surface area (TPSA) is 95.1 Å². The van der Waals surface area contributed by atoms with E-state index in [-0.39, 0.29) is 22.5 Å². The largest absolute Gasteiger partial charge is 0.353 e. The molecule has 2 aromatic heterocycles. The van der Waals surface area contributed by atoms with Crippen molar-refractivity contribution in [2.45, 2.75) is 24.7 Å². The number of fused-ring (bicyclic) bond motifs is 1. The average Bonchev–Trinajstić information content (AvgIpc) is 3.43. The molecule has 8 heteroatoms. The van der Waals surface area contributed by atoms with Crippen LogP contribution in [0.4, 0.5) is 17.2 Å². The molecule has 0 aliphatic heterocycles. The van der Waals surface area contributed by atoms with E-state index < -0.39 is 0 Å². The number of aryl methyl sites for hydroxylation is 1. The summed E-state index contributed by atoms with van der Waals surface area (Å²) in [5.74, 6) is 1.44. The van der Waals surface area contributed by atoms with Gasteiger partial charge in [0.1, 0.15) is 17.2 Å². The SMILES string of the molecule is CN=S(C)c1ccccc1Nc1cc(NC(=O)C2CC2)nc2nc(C)[nH]c12. The zero-order chi connectivity index (χ0) is 19.0. The van der Waals surface area contributed by atoms with Gasteiger partial charge in [0.25, 0.3) is 0 Å². The zero-order valence-electron chi connectivity index (χ0n) is 15.5. The highest BCUT2D eigenvalue weighted by molar-refractivity contribution is 7.86. The highest BCUT2D eigenvalue weighted by Gasteiger charge is 2.30. The first kappa shape index (κ1) is 17.7. The third-order valence-electron chi connectivity index (χ3n) is 4.53. The summed E-state index contributed by atoms with van der Waals surface area (Å²) < 4.78 is 4.41. The molecule has 1 amide bonds. The molecule has 1 aliphatic rings. The summed E-state index contributed by atoms with van der Waals surface area (Å²) in [4.78, 5) is 25.5. The molecular formula is C19H22N6OS. The van der Waals surface area contributed by atoms with Crippen molar-refractivity contribution in [2.75, 3.05) is 23.9 Å². The normalized spacial score (nSPS) is 15.1. The third kappa shape index (κ3) is 3.71. The van der Waals surface area contributed by atoms with Crippen LogP contribution in [0.2, 0.25) is 0 Å². The molecule has 0 bridgehead atoms. The fourth-order valence-corrected chi connectivity index (χ4v) is 3.82. The predicted molar refractivity (Wildman–Crippen MR) is 110 cm³/mol. The number of carbonyl (C=O) groups excluding carboxylic acids is 1. The number of aromatic nitrogens is 3. The van der Waals surface area contributed by atoms with Gasteiger partial charge in [-0.2, -0.15) is 0 Å².